The number of hydrogen-bond acceptors (Lipinski definition) is 5. The van der Waals surface area contributed by atoms with Gasteiger partial charge in [0, 0.05) is 17.7 Å². The van der Waals surface area contributed by atoms with Gasteiger partial charge >= 0.3 is 0 Å². The van der Waals surface area contributed by atoms with Crippen LogP contribution in [-0.2, 0) is 0 Å². The molecule has 0 saturated carbocycles. The highest BCUT2D eigenvalue weighted by molar-refractivity contribution is 6.32. The molecule has 6 nitrogen and oxygen atoms in total. The van der Waals surface area contributed by atoms with E-state index in [1.54, 1.807) is 24.3 Å². The molecule has 114 valence electrons. The molecule has 1 aromatic carbocycles. The maximum Gasteiger partial charge on any atom is 0.293 e. The molecule has 22 heavy (non-hydrogen) atoms. The van der Waals surface area contributed by atoms with E-state index >= 15 is 0 Å². The van der Waals surface area contributed by atoms with Crippen molar-refractivity contribution in [3.63, 3.8) is 0 Å². The average Bonchev–Trinajstić information content (AvgIpc) is 2.91. The molecular formula is C15H14ClN3O3. The lowest BCUT2D eigenvalue weighted by atomic mass is 9.89. The summed E-state index contributed by atoms with van der Waals surface area (Å²) in [6, 6.07) is 8.69. The summed E-state index contributed by atoms with van der Waals surface area (Å²) >= 11 is 6.20. The molecule has 2 heterocycles. The van der Waals surface area contributed by atoms with Gasteiger partial charge in [0.25, 0.3) is 6.01 Å². The number of aromatic nitrogens is 3. The number of nitrogens with one attached hydrogen (secondary N) is 1. The van der Waals surface area contributed by atoms with Crippen molar-refractivity contribution in [2.75, 3.05) is 6.61 Å². The Morgan fingerprint density at radius 1 is 1.23 bits per heavy atom. The van der Waals surface area contributed by atoms with Gasteiger partial charge in [-0.1, -0.05) is 41.9 Å². The number of aliphatic hydroxyl groups excluding tert-OH is 2. The number of rotatable bonds is 4. The number of fused-ring (bicyclic) bond motifs is 1. The molecule has 3 rings (SSSR count). The third-order valence-electron chi connectivity index (χ3n) is 3.59. The molecule has 0 bridgehead atoms. The molecule has 0 spiro atoms. The molecule has 7 heteroatoms. The second-order valence-electron chi connectivity index (χ2n) is 4.92. The van der Waals surface area contributed by atoms with Crippen LogP contribution in [-0.4, -0.2) is 36.9 Å². The second-order valence-corrected chi connectivity index (χ2v) is 5.33. The molecule has 0 fully saturated rings. The molecule has 0 amide bonds. The van der Waals surface area contributed by atoms with Crippen molar-refractivity contribution in [1.29, 1.82) is 0 Å². The Kier molecular flexibility index (Phi) is 3.98. The Balaban J connectivity index is 2.13. The number of aromatic amines is 1. The van der Waals surface area contributed by atoms with Gasteiger partial charge in [0.2, 0.25) is 0 Å². The molecule has 4 N–H and O–H groups in total. The smallest absolute Gasteiger partial charge is 0.293 e. The first-order valence-electron chi connectivity index (χ1n) is 6.68. The maximum absolute atomic E-state index is 10.6. The van der Waals surface area contributed by atoms with Crippen LogP contribution in [0, 0.1) is 0 Å². The number of benzene rings is 1. The van der Waals surface area contributed by atoms with Gasteiger partial charge in [-0.15, -0.1) is 0 Å². The number of H-pyrrole nitrogens is 1. The molecule has 0 saturated heterocycles. The molecule has 0 radical (unpaired) electrons. The van der Waals surface area contributed by atoms with Gasteiger partial charge in [0.1, 0.15) is 0 Å². The lowest BCUT2D eigenvalue weighted by Crippen LogP contribution is -2.16. The molecule has 2 atom stereocenters. The highest BCUT2D eigenvalue weighted by Gasteiger charge is 2.27. The van der Waals surface area contributed by atoms with Crippen LogP contribution in [0.15, 0.2) is 36.5 Å². The van der Waals surface area contributed by atoms with Crippen molar-refractivity contribution in [3.8, 4) is 6.01 Å². The zero-order chi connectivity index (χ0) is 15.7. The first-order valence-corrected chi connectivity index (χ1v) is 7.06. The van der Waals surface area contributed by atoms with Crippen molar-refractivity contribution in [2.45, 2.75) is 12.0 Å². The number of aromatic hydroxyl groups is 1. The number of aliphatic hydroxyl groups is 2. The molecule has 2 aromatic heterocycles. The number of pyridine rings is 1. The second kappa shape index (κ2) is 5.92. The van der Waals surface area contributed by atoms with Crippen molar-refractivity contribution in [2.24, 2.45) is 0 Å². The fraction of sp³-hybridized carbons (Fsp3) is 0.200. The summed E-state index contributed by atoms with van der Waals surface area (Å²) in [6.07, 6.45) is 0.430. The van der Waals surface area contributed by atoms with E-state index in [2.05, 4.69) is 15.0 Å². The van der Waals surface area contributed by atoms with Crippen LogP contribution >= 0.6 is 11.6 Å². The number of halogens is 1. The number of nitrogens with zero attached hydrogens (tertiary/aromatic N) is 2. The minimum Gasteiger partial charge on any atom is -0.480 e. The van der Waals surface area contributed by atoms with E-state index in [4.69, 9.17) is 11.6 Å². The third-order valence-corrected chi connectivity index (χ3v) is 3.89. The van der Waals surface area contributed by atoms with Crippen molar-refractivity contribution in [1.82, 2.24) is 15.0 Å². The summed E-state index contributed by atoms with van der Waals surface area (Å²) < 4.78 is 0. The molecule has 0 aliphatic rings. The molecule has 0 aliphatic carbocycles. The standard InChI is InChI=1S/C15H14ClN3O3/c16-10-6-17-14-12(18-15(22)19-14)11(10)9(7-20)13(21)8-4-2-1-3-5-8/h1-6,9,13,20-21H,7H2,(H2,17,18,19,22)/t9-,13-/m0/s1. The Labute approximate surface area is 131 Å². The van der Waals surface area contributed by atoms with Crippen molar-refractivity contribution < 1.29 is 15.3 Å². The van der Waals surface area contributed by atoms with E-state index < -0.39 is 12.0 Å². The highest BCUT2D eigenvalue weighted by atomic mass is 35.5. The predicted octanol–water partition coefficient (Wildman–Crippen LogP) is 2.13. The van der Waals surface area contributed by atoms with E-state index in [1.807, 2.05) is 6.07 Å². The van der Waals surface area contributed by atoms with Gasteiger partial charge < -0.3 is 20.3 Å². The Bertz CT molecular complexity index is 791. The average molecular weight is 320 g/mol. The van der Waals surface area contributed by atoms with Gasteiger partial charge in [-0.2, -0.15) is 4.98 Å². The van der Waals surface area contributed by atoms with Gasteiger partial charge in [-0.05, 0) is 5.56 Å². The SMILES string of the molecule is OC[C@@H](c1c(Cl)cnc2nc(O)[nH]c12)[C@@H](O)c1ccccc1. The van der Waals surface area contributed by atoms with E-state index in [1.165, 1.54) is 6.20 Å². The summed E-state index contributed by atoms with van der Waals surface area (Å²) in [6.45, 7) is -0.325. The monoisotopic (exact) mass is 319 g/mol. The summed E-state index contributed by atoms with van der Waals surface area (Å²) in [5.74, 6) is -0.680. The Morgan fingerprint density at radius 3 is 2.64 bits per heavy atom. The minimum atomic E-state index is -0.959. The fourth-order valence-electron chi connectivity index (χ4n) is 2.53. The van der Waals surface area contributed by atoms with E-state index in [-0.39, 0.29) is 23.3 Å². The summed E-state index contributed by atoms with van der Waals surface area (Å²) in [5, 5.41) is 30.1. The molecule has 3 aromatic rings. The lowest BCUT2D eigenvalue weighted by Gasteiger charge is -2.23. The summed E-state index contributed by atoms with van der Waals surface area (Å²) in [4.78, 5) is 10.5. The zero-order valence-electron chi connectivity index (χ0n) is 11.4. The number of hydrogen-bond donors (Lipinski definition) is 4. The topological polar surface area (TPSA) is 102 Å². The fourth-order valence-corrected chi connectivity index (χ4v) is 2.82. The summed E-state index contributed by atoms with van der Waals surface area (Å²) in [7, 11) is 0. The summed E-state index contributed by atoms with van der Waals surface area (Å²) in [5.41, 5.74) is 1.80. The maximum atomic E-state index is 10.6. The van der Waals surface area contributed by atoms with Crippen LogP contribution in [0.1, 0.15) is 23.1 Å². The van der Waals surface area contributed by atoms with E-state index in [0.717, 1.165) is 0 Å². The van der Waals surface area contributed by atoms with Gasteiger partial charge in [0.15, 0.2) is 5.65 Å². The highest BCUT2D eigenvalue weighted by Crippen LogP contribution is 2.38. The van der Waals surface area contributed by atoms with Crippen LogP contribution in [0.3, 0.4) is 0 Å². The molecule has 0 unspecified atom stereocenters. The van der Waals surface area contributed by atoms with Crippen LogP contribution in [0.5, 0.6) is 6.01 Å². The zero-order valence-corrected chi connectivity index (χ0v) is 12.2. The van der Waals surface area contributed by atoms with E-state index in [0.29, 0.717) is 16.6 Å². The van der Waals surface area contributed by atoms with Crippen LogP contribution < -0.4 is 0 Å². The van der Waals surface area contributed by atoms with Gasteiger partial charge in [-0.3, -0.25) is 0 Å². The molecule has 0 aliphatic heterocycles. The minimum absolute atomic E-state index is 0.274. The predicted molar refractivity (Wildman–Crippen MR) is 81.8 cm³/mol. The largest absolute Gasteiger partial charge is 0.480 e. The van der Waals surface area contributed by atoms with Crippen molar-refractivity contribution in [3.05, 3.63) is 52.7 Å². The Morgan fingerprint density at radius 2 is 1.95 bits per heavy atom. The number of imidazole rings is 1. The first-order chi connectivity index (χ1) is 10.6. The van der Waals surface area contributed by atoms with Gasteiger partial charge in [-0.25, -0.2) is 4.98 Å². The van der Waals surface area contributed by atoms with Crippen molar-refractivity contribution >= 4 is 22.8 Å². The normalized spacial score (nSPS) is 14.1. The van der Waals surface area contributed by atoms with Crippen LogP contribution in [0.25, 0.3) is 11.2 Å². The first kappa shape index (κ1) is 14.8. The van der Waals surface area contributed by atoms with Crippen LogP contribution in [0.4, 0.5) is 0 Å². The van der Waals surface area contributed by atoms with Gasteiger partial charge in [0.05, 0.1) is 23.3 Å². The Hall–Kier alpha value is -2.15. The lowest BCUT2D eigenvalue weighted by molar-refractivity contribution is 0.107. The van der Waals surface area contributed by atoms with Crippen LogP contribution in [0.2, 0.25) is 5.02 Å². The third kappa shape index (κ3) is 2.52. The van der Waals surface area contributed by atoms with E-state index in [9.17, 15) is 15.3 Å². The quantitative estimate of drug-likeness (QED) is 0.590. The molecular weight excluding hydrogens is 306 g/mol.